The zero-order chi connectivity index (χ0) is 14.9. The smallest absolute Gasteiger partial charge is 0.269 e. The zero-order valence-electron chi connectivity index (χ0n) is 11.7. The van der Waals surface area contributed by atoms with Crippen LogP contribution in [0.25, 0.3) is 0 Å². The lowest BCUT2D eigenvalue weighted by molar-refractivity contribution is 0.594. The van der Waals surface area contributed by atoms with Gasteiger partial charge in [0.05, 0.1) is 5.69 Å². The number of hydrogen-bond acceptors (Lipinski definition) is 4. The van der Waals surface area contributed by atoms with Crippen LogP contribution in [0, 0.1) is 6.92 Å². The third-order valence-corrected chi connectivity index (χ3v) is 4.88. The van der Waals surface area contributed by atoms with Crippen molar-refractivity contribution in [2.24, 2.45) is 0 Å². The summed E-state index contributed by atoms with van der Waals surface area (Å²) in [6, 6.07) is 7.27. The summed E-state index contributed by atoms with van der Waals surface area (Å²) in [4.78, 5) is 0.0309. The number of nitrogens with two attached hydrogens (primary N) is 1. The summed E-state index contributed by atoms with van der Waals surface area (Å²) in [5.41, 5.74) is 7.29. The highest BCUT2D eigenvalue weighted by atomic mass is 32.2. The summed E-state index contributed by atoms with van der Waals surface area (Å²) in [6.07, 6.45) is 1.46. The van der Waals surface area contributed by atoms with E-state index < -0.39 is 10.0 Å². The Morgan fingerprint density at radius 1 is 1.40 bits per heavy atom. The van der Waals surface area contributed by atoms with Crippen molar-refractivity contribution >= 4 is 21.5 Å². The first kappa shape index (κ1) is 14.4. The minimum atomic E-state index is -3.70. The first-order chi connectivity index (χ1) is 9.36. The second-order valence-corrected chi connectivity index (χ2v) is 6.48. The molecule has 0 amide bonds. The second-order valence-electron chi connectivity index (χ2n) is 4.55. The van der Waals surface area contributed by atoms with E-state index >= 15 is 0 Å². The highest BCUT2D eigenvalue weighted by Crippen LogP contribution is 2.25. The number of sulfonamides is 1. The number of aromatic nitrogens is 2. The molecule has 1 aromatic heterocycles. The normalized spacial score (nSPS) is 11.6. The Balaban J connectivity index is 2.46. The Kier molecular flexibility index (Phi) is 3.71. The maximum absolute atomic E-state index is 12.6. The average molecular weight is 294 g/mol. The van der Waals surface area contributed by atoms with Gasteiger partial charge in [-0.3, -0.25) is 8.99 Å². The molecule has 0 radical (unpaired) electrons. The monoisotopic (exact) mass is 294 g/mol. The summed E-state index contributed by atoms with van der Waals surface area (Å²) in [7, 11) is -2.20. The molecule has 2 N–H and O–H groups in total. The summed E-state index contributed by atoms with van der Waals surface area (Å²) in [5.74, 6) is 0.0198. The molecule has 0 saturated carbocycles. The van der Waals surface area contributed by atoms with Gasteiger partial charge in [0, 0.05) is 19.8 Å². The van der Waals surface area contributed by atoms with Crippen LogP contribution in [0.3, 0.4) is 0 Å². The molecule has 1 heterocycles. The Morgan fingerprint density at radius 2 is 2.10 bits per heavy atom. The minimum Gasteiger partial charge on any atom is -0.381 e. The SMILES string of the molecule is CCn1cc(S(=O)(=O)N(C)c2cccc(C)c2)c(N)n1. The Labute approximate surface area is 118 Å². The van der Waals surface area contributed by atoms with E-state index in [1.807, 2.05) is 26.0 Å². The second kappa shape index (κ2) is 5.16. The van der Waals surface area contributed by atoms with E-state index in [-0.39, 0.29) is 10.7 Å². The van der Waals surface area contributed by atoms with Crippen LogP contribution < -0.4 is 10.0 Å². The van der Waals surface area contributed by atoms with Crippen LogP contribution in [-0.2, 0) is 16.6 Å². The number of nitrogens with zero attached hydrogens (tertiary/aromatic N) is 3. The molecule has 108 valence electrons. The summed E-state index contributed by atoms with van der Waals surface area (Å²) in [5, 5.41) is 3.98. The van der Waals surface area contributed by atoms with Crippen LogP contribution in [-0.4, -0.2) is 25.2 Å². The van der Waals surface area contributed by atoms with E-state index in [1.165, 1.54) is 22.2 Å². The number of nitrogen functional groups attached to an aromatic ring is 1. The van der Waals surface area contributed by atoms with Crippen molar-refractivity contribution in [3.8, 4) is 0 Å². The van der Waals surface area contributed by atoms with Crippen molar-refractivity contribution in [1.29, 1.82) is 0 Å². The molecule has 1 aromatic carbocycles. The Hall–Kier alpha value is -2.02. The largest absolute Gasteiger partial charge is 0.381 e. The van der Waals surface area contributed by atoms with E-state index in [4.69, 9.17) is 5.73 Å². The molecular weight excluding hydrogens is 276 g/mol. The van der Waals surface area contributed by atoms with Gasteiger partial charge in [0.1, 0.15) is 4.90 Å². The van der Waals surface area contributed by atoms with Gasteiger partial charge in [-0.2, -0.15) is 5.10 Å². The number of benzene rings is 1. The van der Waals surface area contributed by atoms with Crippen LogP contribution >= 0.6 is 0 Å². The molecule has 0 unspecified atom stereocenters. The number of rotatable bonds is 4. The molecule has 6 nitrogen and oxygen atoms in total. The zero-order valence-corrected chi connectivity index (χ0v) is 12.6. The molecule has 2 aromatic rings. The summed E-state index contributed by atoms with van der Waals surface area (Å²) in [6.45, 7) is 4.34. The van der Waals surface area contributed by atoms with Crippen molar-refractivity contribution in [1.82, 2.24) is 9.78 Å². The molecule has 7 heteroatoms. The fraction of sp³-hybridized carbons (Fsp3) is 0.308. The van der Waals surface area contributed by atoms with E-state index in [2.05, 4.69) is 5.10 Å². The molecule has 0 aliphatic heterocycles. The lowest BCUT2D eigenvalue weighted by Gasteiger charge is -2.19. The van der Waals surface area contributed by atoms with Gasteiger partial charge < -0.3 is 5.73 Å². The quantitative estimate of drug-likeness (QED) is 0.929. The predicted molar refractivity (Wildman–Crippen MR) is 79.1 cm³/mol. The average Bonchev–Trinajstić information content (AvgIpc) is 2.80. The van der Waals surface area contributed by atoms with Gasteiger partial charge in [-0.1, -0.05) is 12.1 Å². The van der Waals surface area contributed by atoms with E-state index in [0.29, 0.717) is 12.2 Å². The molecule has 0 fully saturated rings. The predicted octanol–water partition coefficient (Wildman–Crippen LogP) is 1.62. The topological polar surface area (TPSA) is 81.2 Å². The van der Waals surface area contributed by atoms with Crippen molar-refractivity contribution in [2.45, 2.75) is 25.3 Å². The first-order valence-electron chi connectivity index (χ1n) is 6.24. The van der Waals surface area contributed by atoms with Gasteiger partial charge in [0.25, 0.3) is 10.0 Å². The standard InChI is InChI=1S/C13H18N4O2S/c1-4-17-9-12(13(14)15-17)20(18,19)16(3)11-7-5-6-10(2)8-11/h5-9H,4H2,1-3H3,(H2,14,15). The minimum absolute atomic E-state index is 0.0198. The van der Waals surface area contributed by atoms with Gasteiger partial charge >= 0.3 is 0 Å². The van der Waals surface area contributed by atoms with E-state index in [1.54, 1.807) is 12.1 Å². The van der Waals surface area contributed by atoms with Crippen molar-refractivity contribution in [2.75, 3.05) is 17.1 Å². The highest BCUT2D eigenvalue weighted by Gasteiger charge is 2.26. The van der Waals surface area contributed by atoms with Crippen LogP contribution in [0.2, 0.25) is 0 Å². The lowest BCUT2D eigenvalue weighted by atomic mass is 10.2. The van der Waals surface area contributed by atoms with Gasteiger partial charge in [0.15, 0.2) is 5.82 Å². The van der Waals surface area contributed by atoms with E-state index in [9.17, 15) is 8.42 Å². The van der Waals surface area contributed by atoms with Gasteiger partial charge in [-0.05, 0) is 31.5 Å². The third-order valence-electron chi connectivity index (χ3n) is 3.08. The Morgan fingerprint density at radius 3 is 2.65 bits per heavy atom. The molecule has 0 atom stereocenters. The molecule has 0 saturated heterocycles. The van der Waals surface area contributed by atoms with Crippen LogP contribution in [0.4, 0.5) is 11.5 Å². The fourth-order valence-electron chi connectivity index (χ4n) is 1.89. The first-order valence-corrected chi connectivity index (χ1v) is 7.68. The van der Waals surface area contributed by atoms with Crippen LogP contribution in [0.5, 0.6) is 0 Å². The molecular formula is C13H18N4O2S. The third kappa shape index (κ3) is 2.49. The maximum Gasteiger partial charge on any atom is 0.269 e. The van der Waals surface area contributed by atoms with Crippen molar-refractivity contribution in [3.63, 3.8) is 0 Å². The summed E-state index contributed by atoms with van der Waals surface area (Å²) < 4.78 is 27.9. The van der Waals surface area contributed by atoms with Gasteiger partial charge in [-0.25, -0.2) is 8.42 Å². The number of hydrogen-bond donors (Lipinski definition) is 1. The van der Waals surface area contributed by atoms with Crippen molar-refractivity contribution in [3.05, 3.63) is 36.0 Å². The van der Waals surface area contributed by atoms with Crippen LogP contribution in [0.15, 0.2) is 35.4 Å². The summed E-state index contributed by atoms with van der Waals surface area (Å²) >= 11 is 0. The molecule has 0 bridgehead atoms. The van der Waals surface area contributed by atoms with Crippen LogP contribution in [0.1, 0.15) is 12.5 Å². The fourth-order valence-corrected chi connectivity index (χ4v) is 3.14. The van der Waals surface area contributed by atoms with Gasteiger partial charge in [0.2, 0.25) is 0 Å². The lowest BCUT2D eigenvalue weighted by Crippen LogP contribution is -2.27. The molecule has 0 spiro atoms. The molecule has 0 aliphatic carbocycles. The van der Waals surface area contributed by atoms with Gasteiger partial charge in [-0.15, -0.1) is 0 Å². The highest BCUT2D eigenvalue weighted by molar-refractivity contribution is 7.93. The maximum atomic E-state index is 12.6. The molecule has 20 heavy (non-hydrogen) atoms. The number of anilines is 2. The molecule has 2 rings (SSSR count). The van der Waals surface area contributed by atoms with E-state index in [0.717, 1.165) is 5.56 Å². The van der Waals surface area contributed by atoms with Crippen molar-refractivity contribution < 1.29 is 8.42 Å². The Bertz CT molecular complexity index is 722. The molecule has 0 aliphatic rings. The number of aryl methyl sites for hydroxylation is 2.